The van der Waals surface area contributed by atoms with Crippen LogP contribution in [-0.4, -0.2) is 28.3 Å². The molecule has 16 heavy (non-hydrogen) atoms. The van der Waals surface area contributed by atoms with Gasteiger partial charge in [0.25, 0.3) is 0 Å². The van der Waals surface area contributed by atoms with Crippen LogP contribution in [0, 0.1) is 0 Å². The van der Waals surface area contributed by atoms with Crippen molar-refractivity contribution >= 4 is 12.2 Å². The number of unbranched alkanes of at least 4 members (excludes halogenated alkanes) is 1. The summed E-state index contributed by atoms with van der Waals surface area (Å²) >= 11 is 0. The zero-order chi connectivity index (χ0) is 11.8. The Morgan fingerprint density at radius 2 is 2.50 bits per heavy atom. The molecule has 1 aromatic heterocycles. The minimum atomic E-state index is -0.867. The Morgan fingerprint density at radius 1 is 1.69 bits per heavy atom. The Kier molecular flexibility index (Phi) is 5.19. The van der Waals surface area contributed by atoms with Crippen LogP contribution >= 0.6 is 0 Å². The van der Waals surface area contributed by atoms with Gasteiger partial charge in [0.05, 0.1) is 0 Å². The Bertz CT molecular complexity index is 349. The third-order valence-electron chi connectivity index (χ3n) is 2.20. The third kappa shape index (κ3) is 4.21. The summed E-state index contributed by atoms with van der Waals surface area (Å²) in [6.45, 7) is 2.03. The highest BCUT2D eigenvalue weighted by Crippen LogP contribution is 2.05. The lowest BCUT2D eigenvalue weighted by atomic mass is 10.1. The maximum atomic E-state index is 10.9. The Balaban J connectivity index is 2.61. The molecule has 0 aliphatic rings. The minimum Gasteiger partial charge on any atom is -0.480 e. The van der Waals surface area contributed by atoms with E-state index in [0.29, 0.717) is 6.42 Å². The lowest BCUT2D eigenvalue weighted by Crippen LogP contribution is -2.17. The van der Waals surface area contributed by atoms with E-state index in [4.69, 9.17) is 5.11 Å². The number of aliphatic carboxylic acids is 1. The van der Waals surface area contributed by atoms with Crippen LogP contribution in [-0.2, 0) is 4.79 Å². The Hall–Kier alpha value is -1.71. The van der Waals surface area contributed by atoms with Gasteiger partial charge in [0.15, 0.2) is 0 Å². The van der Waals surface area contributed by atoms with E-state index in [9.17, 15) is 4.79 Å². The SMILES string of the molecule is CCCCC(N=Cc1cccnc1)C(=O)O. The number of rotatable bonds is 6. The first-order valence-electron chi connectivity index (χ1n) is 5.40. The molecule has 1 N–H and O–H groups in total. The number of hydrogen-bond acceptors (Lipinski definition) is 3. The van der Waals surface area contributed by atoms with Crippen LogP contribution in [0.2, 0.25) is 0 Å². The van der Waals surface area contributed by atoms with E-state index >= 15 is 0 Å². The molecule has 0 saturated heterocycles. The number of hydrogen-bond donors (Lipinski definition) is 1. The topological polar surface area (TPSA) is 62.5 Å². The zero-order valence-corrected chi connectivity index (χ0v) is 9.34. The minimum absolute atomic E-state index is 0.586. The summed E-state index contributed by atoms with van der Waals surface area (Å²) in [5.41, 5.74) is 0.824. The predicted molar refractivity (Wildman–Crippen MR) is 62.8 cm³/mol. The normalized spacial score (nSPS) is 12.8. The van der Waals surface area contributed by atoms with Crippen LogP contribution in [0.5, 0.6) is 0 Å². The van der Waals surface area contributed by atoms with E-state index in [1.54, 1.807) is 24.7 Å². The number of pyridine rings is 1. The van der Waals surface area contributed by atoms with Crippen molar-refractivity contribution in [3.63, 3.8) is 0 Å². The molecule has 0 aliphatic carbocycles. The van der Waals surface area contributed by atoms with Gasteiger partial charge in [0.2, 0.25) is 0 Å². The first-order chi connectivity index (χ1) is 7.74. The molecule has 1 unspecified atom stereocenters. The fourth-order valence-electron chi connectivity index (χ4n) is 1.29. The molecule has 4 heteroatoms. The van der Waals surface area contributed by atoms with Gasteiger partial charge in [-0.25, -0.2) is 4.79 Å². The third-order valence-corrected chi connectivity index (χ3v) is 2.20. The molecule has 1 aromatic rings. The highest BCUT2D eigenvalue weighted by atomic mass is 16.4. The summed E-state index contributed by atoms with van der Waals surface area (Å²) < 4.78 is 0. The highest BCUT2D eigenvalue weighted by molar-refractivity contribution is 5.82. The largest absolute Gasteiger partial charge is 0.480 e. The Morgan fingerprint density at radius 3 is 3.06 bits per heavy atom. The molecule has 0 aliphatic heterocycles. The van der Waals surface area contributed by atoms with Crippen molar-refractivity contribution in [3.8, 4) is 0 Å². The van der Waals surface area contributed by atoms with Crippen LogP contribution in [0.15, 0.2) is 29.5 Å². The standard InChI is InChI=1S/C12H16N2O2/c1-2-3-6-11(12(15)16)14-9-10-5-4-7-13-8-10/h4-5,7-9,11H,2-3,6H2,1H3,(H,15,16). The predicted octanol–water partition coefficient (Wildman–Crippen LogP) is 2.14. The number of nitrogens with zero attached hydrogens (tertiary/aromatic N) is 2. The molecule has 0 spiro atoms. The summed E-state index contributed by atoms with van der Waals surface area (Å²) in [5.74, 6) is -0.867. The molecule has 4 nitrogen and oxygen atoms in total. The molecule has 0 radical (unpaired) electrons. The molecule has 1 rings (SSSR count). The number of carboxylic acid groups (broad SMARTS) is 1. The van der Waals surface area contributed by atoms with Crippen LogP contribution in [0.3, 0.4) is 0 Å². The summed E-state index contributed by atoms with van der Waals surface area (Å²) in [5, 5.41) is 8.95. The summed E-state index contributed by atoms with van der Waals surface area (Å²) in [4.78, 5) is 18.9. The molecule has 0 bridgehead atoms. The second-order valence-corrected chi connectivity index (χ2v) is 3.56. The van der Waals surface area contributed by atoms with Crippen molar-refractivity contribution in [2.45, 2.75) is 32.2 Å². The fourth-order valence-corrected chi connectivity index (χ4v) is 1.29. The average Bonchev–Trinajstić information content (AvgIpc) is 2.30. The number of aromatic nitrogens is 1. The fraction of sp³-hybridized carbons (Fsp3) is 0.417. The molecular weight excluding hydrogens is 204 g/mol. The molecule has 0 aromatic carbocycles. The lowest BCUT2D eigenvalue weighted by Gasteiger charge is -2.05. The molecular formula is C12H16N2O2. The van der Waals surface area contributed by atoms with E-state index in [0.717, 1.165) is 18.4 Å². The van der Waals surface area contributed by atoms with Gasteiger partial charge in [0.1, 0.15) is 6.04 Å². The number of carbonyl (C=O) groups is 1. The highest BCUT2D eigenvalue weighted by Gasteiger charge is 2.13. The van der Waals surface area contributed by atoms with E-state index in [2.05, 4.69) is 9.98 Å². The van der Waals surface area contributed by atoms with Crippen molar-refractivity contribution in [1.29, 1.82) is 0 Å². The average molecular weight is 220 g/mol. The lowest BCUT2D eigenvalue weighted by molar-refractivity contribution is -0.138. The van der Waals surface area contributed by atoms with Gasteiger partial charge in [-0.2, -0.15) is 0 Å². The van der Waals surface area contributed by atoms with Crippen molar-refractivity contribution in [2.75, 3.05) is 0 Å². The summed E-state index contributed by atoms with van der Waals surface area (Å²) in [6.07, 6.45) is 7.34. The first kappa shape index (κ1) is 12.4. The van der Waals surface area contributed by atoms with E-state index in [-0.39, 0.29) is 0 Å². The van der Waals surface area contributed by atoms with Crippen molar-refractivity contribution < 1.29 is 9.90 Å². The molecule has 0 amide bonds. The van der Waals surface area contributed by atoms with Gasteiger partial charge < -0.3 is 5.11 Å². The smallest absolute Gasteiger partial charge is 0.328 e. The van der Waals surface area contributed by atoms with E-state index in [1.807, 2.05) is 13.0 Å². The first-order valence-corrected chi connectivity index (χ1v) is 5.40. The molecule has 0 saturated carbocycles. The quantitative estimate of drug-likeness (QED) is 0.747. The van der Waals surface area contributed by atoms with Gasteiger partial charge >= 0.3 is 5.97 Å². The Labute approximate surface area is 95.1 Å². The van der Waals surface area contributed by atoms with Gasteiger partial charge in [-0.15, -0.1) is 0 Å². The van der Waals surface area contributed by atoms with Crippen LogP contribution in [0.4, 0.5) is 0 Å². The molecule has 86 valence electrons. The van der Waals surface area contributed by atoms with Crippen LogP contribution < -0.4 is 0 Å². The molecule has 0 fully saturated rings. The van der Waals surface area contributed by atoms with Crippen molar-refractivity contribution in [2.24, 2.45) is 4.99 Å². The molecule has 1 heterocycles. The second kappa shape index (κ2) is 6.71. The van der Waals surface area contributed by atoms with E-state index in [1.165, 1.54) is 0 Å². The number of carboxylic acids is 1. The van der Waals surface area contributed by atoms with Crippen LogP contribution in [0.25, 0.3) is 0 Å². The van der Waals surface area contributed by atoms with E-state index < -0.39 is 12.0 Å². The van der Waals surface area contributed by atoms with Crippen LogP contribution in [0.1, 0.15) is 31.7 Å². The maximum Gasteiger partial charge on any atom is 0.328 e. The van der Waals surface area contributed by atoms with Crippen molar-refractivity contribution in [1.82, 2.24) is 4.98 Å². The summed E-state index contributed by atoms with van der Waals surface area (Å²) in [7, 11) is 0. The number of aliphatic imine (C=N–C) groups is 1. The molecule has 1 atom stereocenters. The maximum absolute atomic E-state index is 10.9. The monoisotopic (exact) mass is 220 g/mol. The zero-order valence-electron chi connectivity index (χ0n) is 9.34. The summed E-state index contributed by atoms with van der Waals surface area (Å²) in [6, 6.07) is 3.00. The van der Waals surface area contributed by atoms with Gasteiger partial charge in [0, 0.05) is 24.2 Å². The van der Waals surface area contributed by atoms with Gasteiger partial charge in [-0.3, -0.25) is 9.98 Å². The van der Waals surface area contributed by atoms with Gasteiger partial charge in [-0.05, 0) is 12.5 Å². The second-order valence-electron chi connectivity index (χ2n) is 3.56. The van der Waals surface area contributed by atoms with Crippen molar-refractivity contribution in [3.05, 3.63) is 30.1 Å². The van der Waals surface area contributed by atoms with Gasteiger partial charge in [-0.1, -0.05) is 25.8 Å².